The number of hydrogen-bond donors (Lipinski definition) is 1. The van der Waals surface area contributed by atoms with Crippen LogP contribution in [-0.4, -0.2) is 72.4 Å². The van der Waals surface area contributed by atoms with Gasteiger partial charge in [0.15, 0.2) is 0 Å². The number of H-pyrrole nitrogens is 1. The molecule has 0 radical (unpaired) electrons. The van der Waals surface area contributed by atoms with E-state index in [4.69, 9.17) is 4.74 Å². The van der Waals surface area contributed by atoms with E-state index in [1.807, 2.05) is 6.07 Å². The van der Waals surface area contributed by atoms with E-state index >= 15 is 0 Å². The minimum absolute atomic E-state index is 0.480. The van der Waals surface area contributed by atoms with Crippen LogP contribution in [0.2, 0.25) is 0 Å². The lowest BCUT2D eigenvalue weighted by Gasteiger charge is -2.44. The average Bonchev–Trinajstić information content (AvgIpc) is 3.23. The summed E-state index contributed by atoms with van der Waals surface area (Å²) in [6.07, 6.45) is 2.59. The number of aromatic nitrogens is 2. The molecule has 4 rings (SSSR count). The molecule has 3 heterocycles. The fourth-order valence-corrected chi connectivity index (χ4v) is 4.69. The first-order valence-corrected chi connectivity index (χ1v) is 11.0. The van der Waals surface area contributed by atoms with Gasteiger partial charge in [0.2, 0.25) is 0 Å². The molecule has 1 aromatic heterocycles. The summed E-state index contributed by atoms with van der Waals surface area (Å²) in [5.74, 6) is 1.46. The minimum atomic E-state index is 0.480. The van der Waals surface area contributed by atoms with Gasteiger partial charge in [0, 0.05) is 51.0 Å². The Kier molecular flexibility index (Phi) is 6.40. The molecule has 0 saturated carbocycles. The maximum Gasteiger partial charge on any atom is 0.142 e. The average molecular weight is 398 g/mol. The summed E-state index contributed by atoms with van der Waals surface area (Å²) in [5, 5.41) is 7.70. The van der Waals surface area contributed by atoms with Crippen molar-refractivity contribution >= 4 is 5.69 Å². The van der Waals surface area contributed by atoms with Crippen LogP contribution in [0, 0.1) is 0 Å². The molecule has 2 saturated heterocycles. The molecule has 6 heteroatoms. The number of rotatable bonds is 6. The van der Waals surface area contributed by atoms with E-state index in [9.17, 15) is 0 Å². The van der Waals surface area contributed by atoms with Crippen molar-refractivity contribution in [2.75, 3.05) is 51.3 Å². The quantitative estimate of drug-likeness (QED) is 0.810. The Hall–Kier alpha value is -2.05. The fourth-order valence-electron chi connectivity index (χ4n) is 4.69. The predicted molar refractivity (Wildman–Crippen MR) is 118 cm³/mol. The fraction of sp³-hybridized carbons (Fsp3) is 0.609. The normalized spacial score (nSPS) is 21.7. The summed E-state index contributed by atoms with van der Waals surface area (Å²) in [5.41, 5.74) is 3.64. The number of aromatic amines is 1. The molecule has 2 aliphatic heterocycles. The van der Waals surface area contributed by atoms with Gasteiger partial charge in [-0.3, -0.25) is 14.9 Å². The summed E-state index contributed by atoms with van der Waals surface area (Å²) in [7, 11) is 1.76. The second kappa shape index (κ2) is 9.18. The molecule has 1 aromatic carbocycles. The molecule has 0 bridgehead atoms. The number of hydrogen-bond acceptors (Lipinski definition) is 5. The van der Waals surface area contributed by atoms with Crippen LogP contribution < -0.4 is 9.64 Å². The van der Waals surface area contributed by atoms with Gasteiger partial charge in [0.25, 0.3) is 0 Å². The molecule has 2 fully saturated rings. The Labute approximate surface area is 174 Å². The summed E-state index contributed by atoms with van der Waals surface area (Å²) < 4.78 is 5.56. The highest BCUT2D eigenvalue weighted by Crippen LogP contribution is 2.29. The van der Waals surface area contributed by atoms with Crippen molar-refractivity contribution < 1.29 is 4.74 Å². The standard InChI is InChI=1S/C23H35N5O/c1-18(2)21-15-19(24-25-21)16-26-10-6-7-20(17-26)27-11-13-28(14-12-27)22-8-4-5-9-23(22)29-3/h4-5,8-9,15,18,20H,6-7,10-14,16-17H2,1-3H3,(H,24,25)/t20-/m1/s1. The lowest BCUT2D eigenvalue weighted by Crippen LogP contribution is -2.55. The molecule has 6 nitrogen and oxygen atoms in total. The molecule has 0 aliphatic carbocycles. The van der Waals surface area contributed by atoms with Crippen LogP contribution in [0.3, 0.4) is 0 Å². The van der Waals surface area contributed by atoms with Gasteiger partial charge in [0.05, 0.1) is 18.5 Å². The van der Waals surface area contributed by atoms with Gasteiger partial charge in [-0.2, -0.15) is 5.10 Å². The summed E-state index contributed by atoms with van der Waals surface area (Å²) in [6.45, 7) is 12.1. The Bertz CT molecular complexity index is 781. The third kappa shape index (κ3) is 4.75. The van der Waals surface area contributed by atoms with Gasteiger partial charge in [-0.05, 0) is 43.5 Å². The molecule has 29 heavy (non-hydrogen) atoms. The van der Waals surface area contributed by atoms with Crippen LogP contribution in [0.5, 0.6) is 5.75 Å². The highest BCUT2D eigenvalue weighted by molar-refractivity contribution is 5.58. The third-order valence-electron chi connectivity index (χ3n) is 6.37. The molecule has 2 aliphatic rings. The number of piperazine rings is 1. The van der Waals surface area contributed by atoms with Crippen LogP contribution in [0.4, 0.5) is 5.69 Å². The zero-order valence-corrected chi connectivity index (χ0v) is 18.1. The summed E-state index contributed by atoms with van der Waals surface area (Å²) in [4.78, 5) is 7.76. The molecule has 0 spiro atoms. The van der Waals surface area contributed by atoms with E-state index < -0.39 is 0 Å². The van der Waals surface area contributed by atoms with Crippen molar-refractivity contribution in [2.24, 2.45) is 0 Å². The molecule has 1 atom stereocenters. The molecule has 1 N–H and O–H groups in total. The van der Waals surface area contributed by atoms with Crippen molar-refractivity contribution in [2.45, 2.75) is 45.2 Å². The maximum absolute atomic E-state index is 5.56. The van der Waals surface area contributed by atoms with Crippen LogP contribution >= 0.6 is 0 Å². The zero-order valence-electron chi connectivity index (χ0n) is 18.1. The zero-order chi connectivity index (χ0) is 20.2. The lowest BCUT2D eigenvalue weighted by atomic mass is 10.0. The number of anilines is 1. The Morgan fingerprint density at radius 1 is 1.14 bits per heavy atom. The van der Waals surface area contributed by atoms with Gasteiger partial charge in [-0.25, -0.2) is 0 Å². The second-order valence-corrected chi connectivity index (χ2v) is 8.70. The van der Waals surface area contributed by atoms with Crippen LogP contribution in [-0.2, 0) is 6.54 Å². The van der Waals surface area contributed by atoms with Gasteiger partial charge in [-0.15, -0.1) is 0 Å². The number of nitrogens with one attached hydrogen (secondary N) is 1. The lowest BCUT2D eigenvalue weighted by molar-refractivity contribution is 0.0880. The highest BCUT2D eigenvalue weighted by Gasteiger charge is 2.29. The van der Waals surface area contributed by atoms with E-state index in [2.05, 4.69) is 63.0 Å². The van der Waals surface area contributed by atoms with E-state index in [1.165, 1.54) is 36.5 Å². The molecular formula is C23H35N5O. The highest BCUT2D eigenvalue weighted by atomic mass is 16.5. The number of likely N-dealkylation sites (tertiary alicyclic amines) is 1. The largest absolute Gasteiger partial charge is 0.495 e. The molecule has 0 unspecified atom stereocenters. The van der Waals surface area contributed by atoms with Crippen LogP contribution in [0.25, 0.3) is 0 Å². The number of benzene rings is 1. The Balaban J connectivity index is 1.31. The third-order valence-corrected chi connectivity index (χ3v) is 6.37. The van der Waals surface area contributed by atoms with Gasteiger partial charge < -0.3 is 9.64 Å². The SMILES string of the molecule is COc1ccccc1N1CCN([C@@H]2CCCN(Cc3cc(C(C)C)n[nH]3)C2)CC1. The van der Waals surface area contributed by atoms with E-state index in [-0.39, 0.29) is 0 Å². The van der Waals surface area contributed by atoms with E-state index in [0.717, 1.165) is 45.0 Å². The maximum atomic E-state index is 5.56. The van der Waals surface area contributed by atoms with E-state index in [1.54, 1.807) is 7.11 Å². The summed E-state index contributed by atoms with van der Waals surface area (Å²) in [6, 6.07) is 11.3. The van der Waals surface area contributed by atoms with Gasteiger partial charge in [0.1, 0.15) is 5.75 Å². The van der Waals surface area contributed by atoms with Gasteiger partial charge in [-0.1, -0.05) is 26.0 Å². The first-order chi connectivity index (χ1) is 14.1. The topological polar surface area (TPSA) is 47.6 Å². The molecular weight excluding hydrogens is 362 g/mol. The number of methoxy groups -OCH3 is 1. The number of piperidine rings is 1. The number of para-hydroxylation sites is 2. The molecule has 158 valence electrons. The van der Waals surface area contributed by atoms with Gasteiger partial charge >= 0.3 is 0 Å². The summed E-state index contributed by atoms with van der Waals surface area (Å²) >= 11 is 0. The predicted octanol–water partition coefficient (Wildman–Crippen LogP) is 3.33. The van der Waals surface area contributed by atoms with Crippen molar-refractivity contribution in [3.63, 3.8) is 0 Å². The van der Waals surface area contributed by atoms with Crippen molar-refractivity contribution in [3.8, 4) is 5.75 Å². The number of nitrogens with zero attached hydrogens (tertiary/aromatic N) is 4. The minimum Gasteiger partial charge on any atom is -0.495 e. The Morgan fingerprint density at radius 2 is 1.93 bits per heavy atom. The van der Waals surface area contributed by atoms with E-state index in [0.29, 0.717) is 12.0 Å². The van der Waals surface area contributed by atoms with Crippen LogP contribution in [0.15, 0.2) is 30.3 Å². The molecule has 0 amide bonds. The first kappa shape index (κ1) is 20.2. The smallest absolute Gasteiger partial charge is 0.142 e. The Morgan fingerprint density at radius 3 is 2.66 bits per heavy atom. The number of ether oxygens (including phenoxy) is 1. The second-order valence-electron chi connectivity index (χ2n) is 8.70. The molecule has 2 aromatic rings. The van der Waals surface area contributed by atoms with Crippen LogP contribution in [0.1, 0.15) is 44.0 Å². The first-order valence-electron chi connectivity index (χ1n) is 11.0. The van der Waals surface area contributed by atoms with Crippen molar-refractivity contribution in [3.05, 3.63) is 41.7 Å². The monoisotopic (exact) mass is 397 g/mol. The van der Waals surface area contributed by atoms with Crippen molar-refractivity contribution in [1.82, 2.24) is 20.0 Å². The van der Waals surface area contributed by atoms with Crippen molar-refractivity contribution in [1.29, 1.82) is 0 Å².